The third-order valence-corrected chi connectivity index (χ3v) is 2.26. The zero-order chi connectivity index (χ0) is 8.27. The van der Waals surface area contributed by atoms with E-state index in [1.807, 2.05) is 6.92 Å². The van der Waals surface area contributed by atoms with Gasteiger partial charge in [-0.3, -0.25) is 0 Å². The molecule has 3 nitrogen and oxygen atoms in total. The van der Waals surface area contributed by atoms with Crippen molar-refractivity contribution in [1.29, 1.82) is 0 Å². The van der Waals surface area contributed by atoms with Crippen LogP contribution in [0.4, 0.5) is 0 Å². The van der Waals surface area contributed by atoms with Crippen molar-refractivity contribution in [3.63, 3.8) is 0 Å². The van der Waals surface area contributed by atoms with E-state index in [1.165, 1.54) is 0 Å². The first-order valence-corrected chi connectivity index (χ1v) is 4.31. The molecule has 1 rings (SSSR count). The maximum atomic E-state index is 9.57. The lowest BCUT2D eigenvalue weighted by Crippen LogP contribution is -2.42. The highest BCUT2D eigenvalue weighted by molar-refractivity contribution is 4.81. The Morgan fingerprint density at radius 1 is 1.73 bits per heavy atom. The van der Waals surface area contributed by atoms with E-state index >= 15 is 0 Å². The first kappa shape index (κ1) is 8.97. The minimum absolute atomic E-state index is 0.00931. The van der Waals surface area contributed by atoms with Gasteiger partial charge in [0.15, 0.2) is 0 Å². The van der Waals surface area contributed by atoms with Crippen LogP contribution in [0.5, 0.6) is 0 Å². The predicted molar refractivity (Wildman–Crippen MR) is 43.2 cm³/mol. The number of rotatable bonds is 3. The summed E-state index contributed by atoms with van der Waals surface area (Å²) in [6.45, 7) is 2.75. The molecule has 1 aliphatic heterocycles. The van der Waals surface area contributed by atoms with Crippen LogP contribution in [-0.4, -0.2) is 30.0 Å². The Morgan fingerprint density at radius 3 is 2.91 bits per heavy atom. The Hall–Kier alpha value is -0.120. The first-order chi connectivity index (χ1) is 5.25. The number of nitrogens with two attached hydrogens (primary N) is 1. The second-order valence-electron chi connectivity index (χ2n) is 3.11. The molecule has 3 atom stereocenters. The minimum Gasteiger partial charge on any atom is -0.389 e. The maximum Gasteiger partial charge on any atom is 0.0952 e. The van der Waals surface area contributed by atoms with Crippen molar-refractivity contribution in [1.82, 2.24) is 0 Å². The van der Waals surface area contributed by atoms with Crippen LogP contribution in [0, 0.1) is 0 Å². The van der Waals surface area contributed by atoms with Gasteiger partial charge in [-0.05, 0) is 19.3 Å². The smallest absolute Gasteiger partial charge is 0.0952 e. The molecular formula is C8H17NO2. The molecule has 0 amide bonds. The van der Waals surface area contributed by atoms with Crippen LogP contribution < -0.4 is 5.73 Å². The summed E-state index contributed by atoms with van der Waals surface area (Å²) in [5.41, 5.74) is 5.67. The zero-order valence-electron chi connectivity index (χ0n) is 6.99. The molecule has 3 unspecified atom stereocenters. The monoisotopic (exact) mass is 159 g/mol. The Balaban J connectivity index is 2.32. The van der Waals surface area contributed by atoms with E-state index in [0.717, 1.165) is 25.9 Å². The molecule has 1 heterocycles. The van der Waals surface area contributed by atoms with Crippen molar-refractivity contribution in [2.45, 2.75) is 44.4 Å². The van der Waals surface area contributed by atoms with Crippen molar-refractivity contribution >= 4 is 0 Å². The molecule has 0 radical (unpaired) electrons. The quantitative estimate of drug-likeness (QED) is 0.621. The molecule has 1 fully saturated rings. The molecule has 0 saturated carbocycles. The number of hydrogen-bond acceptors (Lipinski definition) is 3. The van der Waals surface area contributed by atoms with Gasteiger partial charge >= 0.3 is 0 Å². The second-order valence-corrected chi connectivity index (χ2v) is 3.11. The molecule has 0 aromatic rings. The van der Waals surface area contributed by atoms with Gasteiger partial charge in [-0.15, -0.1) is 0 Å². The van der Waals surface area contributed by atoms with E-state index in [0.29, 0.717) is 0 Å². The van der Waals surface area contributed by atoms with Crippen LogP contribution in [0.25, 0.3) is 0 Å². The van der Waals surface area contributed by atoms with Crippen molar-refractivity contribution in [2.75, 3.05) is 6.61 Å². The third-order valence-electron chi connectivity index (χ3n) is 2.26. The van der Waals surface area contributed by atoms with Gasteiger partial charge < -0.3 is 15.6 Å². The van der Waals surface area contributed by atoms with Crippen LogP contribution in [0.1, 0.15) is 26.2 Å². The van der Waals surface area contributed by atoms with Gasteiger partial charge in [0.2, 0.25) is 0 Å². The Bertz CT molecular complexity index is 113. The highest BCUT2D eigenvalue weighted by Crippen LogP contribution is 2.17. The van der Waals surface area contributed by atoms with Crippen LogP contribution >= 0.6 is 0 Å². The average Bonchev–Trinajstić information content (AvgIpc) is 2.53. The van der Waals surface area contributed by atoms with Crippen molar-refractivity contribution in [3.05, 3.63) is 0 Å². The molecule has 66 valence electrons. The molecule has 0 aromatic heterocycles. The lowest BCUT2D eigenvalue weighted by atomic mass is 10.0. The van der Waals surface area contributed by atoms with E-state index in [9.17, 15) is 5.11 Å². The lowest BCUT2D eigenvalue weighted by Gasteiger charge is -2.22. The van der Waals surface area contributed by atoms with Gasteiger partial charge in [-0.25, -0.2) is 0 Å². The normalized spacial score (nSPS) is 30.3. The summed E-state index contributed by atoms with van der Waals surface area (Å²) >= 11 is 0. The van der Waals surface area contributed by atoms with Gasteiger partial charge in [0, 0.05) is 12.6 Å². The van der Waals surface area contributed by atoms with E-state index in [-0.39, 0.29) is 12.1 Å². The number of hydrogen-bond donors (Lipinski definition) is 2. The molecule has 1 aliphatic rings. The average molecular weight is 159 g/mol. The molecule has 0 bridgehead atoms. The fraction of sp³-hybridized carbons (Fsp3) is 1.00. The number of aliphatic hydroxyl groups excluding tert-OH is 1. The number of aliphatic hydroxyl groups is 1. The van der Waals surface area contributed by atoms with Gasteiger partial charge in [0.05, 0.1) is 12.2 Å². The molecule has 3 heteroatoms. The van der Waals surface area contributed by atoms with Crippen molar-refractivity contribution < 1.29 is 9.84 Å². The highest BCUT2D eigenvalue weighted by atomic mass is 16.5. The predicted octanol–water partition coefficient (Wildman–Crippen LogP) is 0.264. The Labute approximate surface area is 67.5 Å². The van der Waals surface area contributed by atoms with Gasteiger partial charge in [0.1, 0.15) is 0 Å². The summed E-state index contributed by atoms with van der Waals surface area (Å²) in [6.07, 6.45) is 2.33. The summed E-state index contributed by atoms with van der Waals surface area (Å²) in [4.78, 5) is 0. The molecule has 1 saturated heterocycles. The maximum absolute atomic E-state index is 9.57. The fourth-order valence-electron chi connectivity index (χ4n) is 1.39. The molecule has 3 N–H and O–H groups in total. The summed E-state index contributed by atoms with van der Waals surface area (Å²) in [5.74, 6) is 0. The van der Waals surface area contributed by atoms with Gasteiger partial charge in [-0.2, -0.15) is 0 Å². The molecule has 0 aliphatic carbocycles. The SMILES string of the molecule is CCC(N)C(O)C1CCCO1. The summed E-state index contributed by atoms with van der Waals surface area (Å²) in [5, 5.41) is 9.57. The Kier molecular flexibility index (Phi) is 3.30. The van der Waals surface area contributed by atoms with Crippen LogP contribution in [-0.2, 0) is 4.74 Å². The summed E-state index contributed by atoms with van der Waals surface area (Å²) in [6, 6.07) is -0.127. The number of ether oxygens (including phenoxy) is 1. The highest BCUT2D eigenvalue weighted by Gasteiger charge is 2.27. The second kappa shape index (κ2) is 4.04. The Morgan fingerprint density at radius 2 is 2.45 bits per heavy atom. The zero-order valence-corrected chi connectivity index (χ0v) is 6.99. The van der Waals surface area contributed by atoms with Crippen LogP contribution in [0.3, 0.4) is 0 Å². The molecular weight excluding hydrogens is 142 g/mol. The van der Waals surface area contributed by atoms with Gasteiger partial charge in [-0.1, -0.05) is 6.92 Å². The fourth-order valence-corrected chi connectivity index (χ4v) is 1.39. The van der Waals surface area contributed by atoms with Crippen molar-refractivity contribution in [3.8, 4) is 0 Å². The standard InChI is InChI=1S/C8H17NO2/c1-2-6(9)8(10)7-4-3-5-11-7/h6-8,10H,2-5,9H2,1H3. The van der Waals surface area contributed by atoms with E-state index in [1.54, 1.807) is 0 Å². The largest absolute Gasteiger partial charge is 0.389 e. The third kappa shape index (κ3) is 2.15. The molecule has 0 aromatic carbocycles. The topological polar surface area (TPSA) is 55.5 Å². The van der Waals surface area contributed by atoms with Crippen LogP contribution in [0.15, 0.2) is 0 Å². The van der Waals surface area contributed by atoms with E-state index < -0.39 is 6.10 Å². The first-order valence-electron chi connectivity index (χ1n) is 4.31. The molecule has 0 spiro atoms. The van der Waals surface area contributed by atoms with E-state index in [4.69, 9.17) is 10.5 Å². The lowest BCUT2D eigenvalue weighted by molar-refractivity contribution is -0.0144. The van der Waals surface area contributed by atoms with Crippen molar-refractivity contribution in [2.24, 2.45) is 5.73 Å². The van der Waals surface area contributed by atoms with Crippen LogP contribution in [0.2, 0.25) is 0 Å². The minimum atomic E-state index is -0.470. The summed E-state index contributed by atoms with van der Waals surface area (Å²) < 4.78 is 5.31. The van der Waals surface area contributed by atoms with Gasteiger partial charge in [0.25, 0.3) is 0 Å². The summed E-state index contributed by atoms with van der Waals surface area (Å²) in [7, 11) is 0. The molecule has 11 heavy (non-hydrogen) atoms. The van der Waals surface area contributed by atoms with E-state index in [2.05, 4.69) is 0 Å².